The van der Waals surface area contributed by atoms with Crippen molar-refractivity contribution >= 4 is 5.69 Å². The van der Waals surface area contributed by atoms with Crippen molar-refractivity contribution in [2.24, 2.45) is 0 Å². The largest absolute Gasteiger partial charge is 0.398 e. The fourth-order valence-corrected chi connectivity index (χ4v) is 1.38. The second-order valence-corrected chi connectivity index (χ2v) is 3.36. The van der Waals surface area contributed by atoms with Gasteiger partial charge in [0, 0.05) is 23.6 Å². The number of hydrogen-bond donors (Lipinski definition) is 1. The molecule has 0 spiro atoms. The van der Waals surface area contributed by atoms with E-state index in [1.807, 2.05) is 36.7 Å². The van der Waals surface area contributed by atoms with E-state index in [1.54, 1.807) is 0 Å². The van der Waals surface area contributed by atoms with Crippen molar-refractivity contribution < 1.29 is 0 Å². The minimum absolute atomic E-state index is 0.685. The van der Waals surface area contributed by atoms with Gasteiger partial charge in [-0.15, -0.1) is 0 Å². The molecule has 0 atom stereocenters. The summed E-state index contributed by atoms with van der Waals surface area (Å²) in [6, 6.07) is 7.62. The molecular formula is C12H13N3. The van der Waals surface area contributed by atoms with Crippen LogP contribution < -0.4 is 5.73 Å². The molecule has 0 radical (unpaired) electrons. The van der Waals surface area contributed by atoms with Crippen molar-refractivity contribution in [2.75, 3.05) is 5.73 Å². The molecule has 0 aliphatic heterocycles. The predicted molar refractivity (Wildman–Crippen MR) is 61.3 cm³/mol. The average Bonchev–Trinajstić information content (AvgIpc) is 2.30. The number of nitrogens with zero attached hydrogens (tertiary/aromatic N) is 2. The number of nitrogen functional groups attached to an aromatic ring is 1. The van der Waals surface area contributed by atoms with E-state index < -0.39 is 0 Å². The molecule has 1 aromatic heterocycles. The fourth-order valence-electron chi connectivity index (χ4n) is 1.38. The van der Waals surface area contributed by atoms with Crippen LogP contribution in [0.5, 0.6) is 0 Å². The zero-order chi connectivity index (χ0) is 10.7. The molecule has 2 aromatic rings. The number of nitrogens with two attached hydrogens (primary N) is 1. The van der Waals surface area contributed by atoms with Crippen LogP contribution >= 0.6 is 0 Å². The summed E-state index contributed by atoms with van der Waals surface area (Å²) >= 11 is 0. The van der Waals surface area contributed by atoms with Crippen molar-refractivity contribution in [3.8, 4) is 11.4 Å². The number of anilines is 1. The maximum absolute atomic E-state index is 5.84. The fraction of sp³-hybridized carbons (Fsp3) is 0.167. The standard InChI is InChI=1S/C12H13N3/c1-2-9-7-14-12(15-8-9)10-5-3-4-6-11(10)13/h3-8H,2,13H2,1H3. The van der Waals surface area contributed by atoms with Crippen LogP contribution in [0.25, 0.3) is 11.4 Å². The molecule has 0 bridgehead atoms. The Hall–Kier alpha value is -1.90. The maximum atomic E-state index is 5.84. The summed E-state index contributed by atoms with van der Waals surface area (Å²) in [5, 5.41) is 0. The zero-order valence-electron chi connectivity index (χ0n) is 8.64. The van der Waals surface area contributed by atoms with Gasteiger partial charge in [0.1, 0.15) is 0 Å². The summed E-state index contributed by atoms with van der Waals surface area (Å²) in [6.07, 6.45) is 4.63. The molecule has 3 heteroatoms. The van der Waals surface area contributed by atoms with E-state index in [9.17, 15) is 0 Å². The second kappa shape index (κ2) is 4.09. The van der Waals surface area contributed by atoms with E-state index in [-0.39, 0.29) is 0 Å². The molecular weight excluding hydrogens is 186 g/mol. The quantitative estimate of drug-likeness (QED) is 0.755. The molecule has 0 amide bonds. The van der Waals surface area contributed by atoms with Crippen LogP contribution in [0.1, 0.15) is 12.5 Å². The normalized spacial score (nSPS) is 10.2. The third-order valence-electron chi connectivity index (χ3n) is 2.32. The topological polar surface area (TPSA) is 51.8 Å². The number of rotatable bonds is 2. The van der Waals surface area contributed by atoms with E-state index in [4.69, 9.17) is 5.73 Å². The van der Waals surface area contributed by atoms with Gasteiger partial charge in [-0.3, -0.25) is 0 Å². The van der Waals surface area contributed by atoms with Crippen LogP contribution in [0.15, 0.2) is 36.7 Å². The molecule has 3 nitrogen and oxygen atoms in total. The highest BCUT2D eigenvalue weighted by atomic mass is 14.9. The summed E-state index contributed by atoms with van der Waals surface area (Å²) < 4.78 is 0. The van der Waals surface area contributed by atoms with Gasteiger partial charge in [-0.05, 0) is 24.1 Å². The predicted octanol–water partition coefficient (Wildman–Crippen LogP) is 2.29. The van der Waals surface area contributed by atoms with E-state index in [0.29, 0.717) is 11.5 Å². The molecule has 0 saturated heterocycles. The van der Waals surface area contributed by atoms with Crippen molar-refractivity contribution in [3.05, 3.63) is 42.2 Å². The molecule has 15 heavy (non-hydrogen) atoms. The minimum atomic E-state index is 0.685. The summed E-state index contributed by atoms with van der Waals surface area (Å²) in [5.74, 6) is 0.685. The Bertz CT molecular complexity index is 449. The van der Waals surface area contributed by atoms with Gasteiger partial charge in [0.15, 0.2) is 5.82 Å². The van der Waals surface area contributed by atoms with Crippen LogP contribution in [0.3, 0.4) is 0 Å². The number of aromatic nitrogens is 2. The molecule has 1 heterocycles. The maximum Gasteiger partial charge on any atom is 0.161 e. The second-order valence-electron chi connectivity index (χ2n) is 3.36. The third-order valence-corrected chi connectivity index (χ3v) is 2.32. The smallest absolute Gasteiger partial charge is 0.161 e. The lowest BCUT2D eigenvalue weighted by Crippen LogP contribution is -1.95. The lowest BCUT2D eigenvalue weighted by molar-refractivity contribution is 1.05. The number of aryl methyl sites for hydroxylation is 1. The first kappa shape index (κ1) is 9.65. The van der Waals surface area contributed by atoms with Crippen molar-refractivity contribution in [1.82, 2.24) is 9.97 Å². The van der Waals surface area contributed by atoms with Crippen LogP contribution in [0.4, 0.5) is 5.69 Å². The third kappa shape index (κ3) is 1.96. The van der Waals surface area contributed by atoms with E-state index in [1.165, 1.54) is 0 Å². The summed E-state index contributed by atoms with van der Waals surface area (Å²) in [5.41, 5.74) is 8.57. The van der Waals surface area contributed by atoms with Crippen LogP contribution in [-0.4, -0.2) is 9.97 Å². The number of hydrogen-bond acceptors (Lipinski definition) is 3. The van der Waals surface area contributed by atoms with Gasteiger partial charge in [-0.1, -0.05) is 19.1 Å². The molecule has 0 unspecified atom stereocenters. The Morgan fingerprint density at radius 2 is 1.80 bits per heavy atom. The van der Waals surface area contributed by atoms with E-state index in [2.05, 4.69) is 16.9 Å². The molecule has 0 aliphatic carbocycles. The molecule has 0 fully saturated rings. The summed E-state index contributed by atoms with van der Waals surface area (Å²) in [7, 11) is 0. The van der Waals surface area contributed by atoms with Crippen LogP contribution in [-0.2, 0) is 6.42 Å². The highest BCUT2D eigenvalue weighted by Crippen LogP contribution is 2.21. The molecule has 2 N–H and O–H groups in total. The lowest BCUT2D eigenvalue weighted by atomic mass is 10.1. The molecule has 0 saturated carbocycles. The van der Waals surface area contributed by atoms with Crippen LogP contribution in [0.2, 0.25) is 0 Å². The first-order valence-electron chi connectivity index (χ1n) is 4.97. The molecule has 2 rings (SSSR count). The SMILES string of the molecule is CCc1cnc(-c2ccccc2N)nc1. The van der Waals surface area contributed by atoms with Crippen molar-refractivity contribution in [2.45, 2.75) is 13.3 Å². The Morgan fingerprint density at radius 1 is 1.13 bits per heavy atom. The van der Waals surface area contributed by atoms with Gasteiger partial charge in [0.05, 0.1) is 0 Å². The minimum Gasteiger partial charge on any atom is -0.398 e. The van der Waals surface area contributed by atoms with E-state index >= 15 is 0 Å². The number of para-hydroxylation sites is 1. The lowest BCUT2D eigenvalue weighted by Gasteiger charge is -2.03. The number of benzene rings is 1. The van der Waals surface area contributed by atoms with Gasteiger partial charge in [0.2, 0.25) is 0 Å². The Labute approximate surface area is 89.0 Å². The first-order valence-corrected chi connectivity index (χ1v) is 4.97. The Kier molecular flexibility index (Phi) is 2.63. The summed E-state index contributed by atoms with van der Waals surface area (Å²) in [4.78, 5) is 8.58. The summed E-state index contributed by atoms with van der Waals surface area (Å²) in [6.45, 7) is 2.08. The highest BCUT2D eigenvalue weighted by Gasteiger charge is 2.03. The van der Waals surface area contributed by atoms with E-state index in [0.717, 1.165) is 17.5 Å². The molecule has 0 aliphatic rings. The molecule has 76 valence electrons. The van der Waals surface area contributed by atoms with Crippen molar-refractivity contribution in [3.63, 3.8) is 0 Å². The van der Waals surface area contributed by atoms with Crippen LogP contribution in [0, 0.1) is 0 Å². The Morgan fingerprint density at radius 3 is 2.40 bits per heavy atom. The van der Waals surface area contributed by atoms with Gasteiger partial charge in [-0.2, -0.15) is 0 Å². The highest BCUT2D eigenvalue weighted by molar-refractivity contribution is 5.70. The van der Waals surface area contributed by atoms with Crippen molar-refractivity contribution in [1.29, 1.82) is 0 Å². The monoisotopic (exact) mass is 199 g/mol. The zero-order valence-corrected chi connectivity index (χ0v) is 8.64. The molecule has 1 aromatic carbocycles. The average molecular weight is 199 g/mol. The van der Waals surface area contributed by atoms with Gasteiger partial charge in [0.25, 0.3) is 0 Å². The Balaban J connectivity index is 2.42. The van der Waals surface area contributed by atoms with Gasteiger partial charge in [-0.25, -0.2) is 9.97 Å². The van der Waals surface area contributed by atoms with Gasteiger partial charge >= 0.3 is 0 Å². The first-order chi connectivity index (χ1) is 7.31. The van der Waals surface area contributed by atoms with Gasteiger partial charge < -0.3 is 5.73 Å².